The van der Waals surface area contributed by atoms with Crippen LogP contribution >= 0.6 is 0 Å². The van der Waals surface area contributed by atoms with Gasteiger partial charge in [0.25, 0.3) is 0 Å². The Balaban J connectivity index is 0. The topological polar surface area (TPSA) is 115 Å². The molecule has 0 saturated heterocycles. The lowest BCUT2D eigenvalue weighted by atomic mass is 9.69. The fraction of sp³-hybridized carbons (Fsp3) is 0.760. The van der Waals surface area contributed by atoms with Crippen molar-refractivity contribution in [3.8, 4) is 0 Å². The van der Waals surface area contributed by atoms with Crippen LogP contribution in [-0.2, 0) is 9.59 Å². The van der Waals surface area contributed by atoms with E-state index in [1.165, 1.54) is 25.7 Å². The molecule has 0 aliphatic heterocycles. The minimum atomic E-state index is -1.05. The fourth-order valence-electron chi connectivity index (χ4n) is 3.63. The number of carboxylic acid groups (broad SMARTS) is 2. The lowest BCUT2D eigenvalue weighted by Crippen LogP contribution is -2.26. The SMILES string of the molecule is CC.CCC(C)C(=O)O.CCC1C(C)C=CC2=CCCCC21.O=C(O)CC(O)CCO. The monoisotopic (exact) mass is 442 g/mol. The van der Waals surface area contributed by atoms with E-state index in [2.05, 4.69) is 32.1 Å². The summed E-state index contributed by atoms with van der Waals surface area (Å²) in [5, 5.41) is 33.1. The number of rotatable bonds is 7. The van der Waals surface area contributed by atoms with Crippen molar-refractivity contribution in [3.63, 3.8) is 0 Å². The zero-order valence-electron chi connectivity index (χ0n) is 20.4. The Morgan fingerprint density at radius 1 is 1.19 bits per heavy atom. The van der Waals surface area contributed by atoms with Crippen molar-refractivity contribution in [1.82, 2.24) is 0 Å². The van der Waals surface area contributed by atoms with Crippen molar-refractivity contribution >= 4 is 11.9 Å². The average Bonchev–Trinajstić information content (AvgIpc) is 2.75. The zero-order chi connectivity index (χ0) is 24.4. The minimum Gasteiger partial charge on any atom is -0.481 e. The van der Waals surface area contributed by atoms with Crippen molar-refractivity contribution in [3.05, 3.63) is 23.8 Å². The maximum absolute atomic E-state index is 9.93. The average molecular weight is 443 g/mol. The summed E-state index contributed by atoms with van der Waals surface area (Å²) in [5.74, 6) is 0.666. The van der Waals surface area contributed by atoms with Gasteiger partial charge < -0.3 is 20.4 Å². The van der Waals surface area contributed by atoms with Gasteiger partial charge in [-0.25, -0.2) is 0 Å². The molecule has 0 spiro atoms. The predicted molar refractivity (Wildman–Crippen MR) is 126 cm³/mol. The Kier molecular flexibility index (Phi) is 19.4. The molecule has 0 radical (unpaired) electrons. The number of aliphatic hydroxyl groups excluding tert-OH is 2. The number of aliphatic hydroxyl groups is 2. The van der Waals surface area contributed by atoms with Gasteiger partial charge in [0.2, 0.25) is 0 Å². The van der Waals surface area contributed by atoms with Crippen LogP contribution in [0.5, 0.6) is 0 Å². The van der Waals surface area contributed by atoms with Crippen molar-refractivity contribution in [2.75, 3.05) is 6.61 Å². The second-order valence-electron chi connectivity index (χ2n) is 7.94. The van der Waals surface area contributed by atoms with Gasteiger partial charge in [0.05, 0.1) is 18.4 Å². The first-order chi connectivity index (χ1) is 14.7. The van der Waals surface area contributed by atoms with Crippen molar-refractivity contribution in [2.24, 2.45) is 23.7 Å². The minimum absolute atomic E-state index is 0.131. The van der Waals surface area contributed by atoms with E-state index in [0.29, 0.717) is 0 Å². The Hall–Kier alpha value is -1.66. The first-order valence-electron chi connectivity index (χ1n) is 11.8. The molecule has 0 saturated carbocycles. The van der Waals surface area contributed by atoms with E-state index >= 15 is 0 Å². The van der Waals surface area contributed by atoms with Crippen LogP contribution in [0.25, 0.3) is 0 Å². The molecule has 0 heterocycles. The number of fused-ring (bicyclic) bond motifs is 1. The van der Waals surface area contributed by atoms with Crippen LogP contribution in [0.4, 0.5) is 0 Å². The molecule has 0 fully saturated rings. The molecule has 31 heavy (non-hydrogen) atoms. The number of hydrogen-bond donors (Lipinski definition) is 4. The summed E-state index contributed by atoms with van der Waals surface area (Å²) in [6.45, 7) is 12.1. The molecule has 2 aliphatic carbocycles. The van der Waals surface area contributed by atoms with Gasteiger partial charge >= 0.3 is 11.9 Å². The third kappa shape index (κ3) is 14.1. The molecule has 6 nitrogen and oxygen atoms in total. The van der Waals surface area contributed by atoms with E-state index in [1.54, 1.807) is 12.5 Å². The number of allylic oxidation sites excluding steroid dienone is 4. The van der Waals surface area contributed by atoms with Gasteiger partial charge in [-0.2, -0.15) is 0 Å². The van der Waals surface area contributed by atoms with Crippen molar-refractivity contribution in [2.45, 2.75) is 92.6 Å². The summed E-state index contributed by atoms with van der Waals surface area (Å²) in [4.78, 5) is 19.8. The standard InChI is InChI=1S/C13H20.C5H10O4.C5H10O2.C2H6/c1-3-12-10(2)8-9-11-6-4-5-7-13(11)12;6-2-1-4(7)3-5(8)9;1-3-4(2)5(6)7;1-2/h6,8-10,12-13H,3-5,7H2,1-2H3;4,6-7H,1-3H2,(H,8,9);4H,3H2,1-2H3,(H,6,7);1-2H3. The van der Waals surface area contributed by atoms with Crippen LogP contribution in [0, 0.1) is 23.7 Å². The summed E-state index contributed by atoms with van der Waals surface area (Å²) in [6.07, 6.45) is 12.4. The molecule has 2 aliphatic rings. The molecule has 0 bridgehead atoms. The highest BCUT2D eigenvalue weighted by atomic mass is 16.4. The smallest absolute Gasteiger partial charge is 0.306 e. The van der Waals surface area contributed by atoms with Crippen LogP contribution in [0.3, 0.4) is 0 Å². The van der Waals surface area contributed by atoms with Crippen LogP contribution in [-0.4, -0.2) is 45.1 Å². The summed E-state index contributed by atoms with van der Waals surface area (Å²) >= 11 is 0. The number of hydrogen-bond acceptors (Lipinski definition) is 4. The third-order valence-electron chi connectivity index (χ3n) is 5.69. The van der Waals surface area contributed by atoms with E-state index in [4.69, 9.17) is 20.4 Å². The fourth-order valence-corrected chi connectivity index (χ4v) is 3.63. The second-order valence-corrected chi connectivity index (χ2v) is 7.94. The van der Waals surface area contributed by atoms with Crippen molar-refractivity contribution in [1.29, 1.82) is 0 Å². The van der Waals surface area contributed by atoms with Crippen LogP contribution in [0.15, 0.2) is 23.8 Å². The van der Waals surface area contributed by atoms with Gasteiger partial charge in [-0.3, -0.25) is 9.59 Å². The molecule has 0 amide bonds. The van der Waals surface area contributed by atoms with E-state index in [-0.39, 0.29) is 25.4 Å². The van der Waals surface area contributed by atoms with Gasteiger partial charge in [-0.15, -0.1) is 0 Å². The third-order valence-corrected chi connectivity index (χ3v) is 5.69. The predicted octanol–water partition coefficient (Wildman–Crippen LogP) is 5.29. The number of carbonyl (C=O) groups is 2. The van der Waals surface area contributed by atoms with Gasteiger partial charge in [-0.1, -0.05) is 66.2 Å². The van der Waals surface area contributed by atoms with E-state index < -0.39 is 18.0 Å². The van der Waals surface area contributed by atoms with Crippen molar-refractivity contribution < 1.29 is 30.0 Å². The van der Waals surface area contributed by atoms with Crippen LogP contribution in [0.2, 0.25) is 0 Å². The number of carboxylic acids is 2. The second kappa shape index (κ2) is 19.1. The normalized spacial score (nSPS) is 23.1. The zero-order valence-corrected chi connectivity index (χ0v) is 20.4. The Morgan fingerprint density at radius 3 is 2.23 bits per heavy atom. The highest BCUT2D eigenvalue weighted by Crippen LogP contribution is 2.41. The molecule has 182 valence electrons. The molecule has 0 aromatic heterocycles. The molecular formula is C25H46O6. The quantitative estimate of drug-likeness (QED) is 0.426. The summed E-state index contributed by atoms with van der Waals surface area (Å²) < 4.78 is 0. The molecule has 5 unspecified atom stereocenters. The van der Waals surface area contributed by atoms with E-state index in [0.717, 1.165) is 24.2 Å². The number of aliphatic carboxylic acids is 2. The molecular weight excluding hydrogens is 396 g/mol. The summed E-state index contributed by atoms with van der Waals surface area (Å²) in [7, 11) is 0. The Bertz CT molecular complexity index is 540. The highest BCUT2D eigenvalue weighted by Gasteiger charge is 2.30. The molecule has 5 atom stereocenters. The molecule has 2 rings (SSSR count). The Labute approximate surface area is 189 Å². The molecule has 0 aromatic rings. The largest absolute Gasteiger partial charge is 0.481 e. The lowest BCUT2D eigenvalue weighted by molar-refractivity contribution is -0.141. The summed E-state index contributed by atoms with van der Waals surface area (Å²) in [5.41, 5.74) is 1.64. The first kappa shape index (κ1) is 31.5. The van der Waals surface area contributed by atoms with Gasteiger partial charge in [0.1, 0.15) is 0 Å². The maximum atomic E-state index is 9.93. The molecule has 4 N–H and O–H groups in total. The Morgan fingerprint density at radius 2 is 1.81 bits per heavy atom. The lowest BCUT2D eigenvalue weighted by Gasteiger charge is -2.36. The van der Waals surface area contributed by atoms with Crippen LogP contribution < -0.4 is 0 Å². The summed E-state index contributed by atoms with van der Waals surface area (Å²) in [6, 6.07) is 0. The van der Waals surface area contributed by atoms with E-state index in [1.807, 2.05) is 20.8 Å². The maximum Gasteiger partial charge on any atom is 0.306 e. The highest BCUT2D eigenvalue weighted by molar-refractivity contribution is 5.69. The van der Waals surface area contributed by atoms with E-state index in [9.17, 15) is 9.59 Å². The van der Waals surface area contributed by atoms with Gasteiger partial charge in [0, 0.05) is 6.61 Å². The van der Waals surface area contributed by atoms with Gasteiger partial charge in [0.15, 0.2) is 0 Å². The van der Waals surface area contributed by atoms with Gasteiger partial charge in [-0.05, 0) is 55.4 Å². The van der Waals surface area contributed by atoms with Crippen LogP contribution in [0.1, 0.15) is 86.5 Å². The molecule has 6 heteroatoms. The first-order valence-corrected chi connectivity index (χ1v) is 11.8. The molecule has 0 aromatic carbocycles.